The average molecular weight is 195 g/mol. The largest absolute Gasteiger partial charge is 0.377 e. The highest BCUT2D eigenvalue weighted by Crippen LogP contribution is 2.63. The Bertz CT molecular complexity index is 214. The van der Waals surface area contributed by atoms with Crippen molar-refractivity contribution in [3.05, 3.63) is 0 Å². The standard InChI is InChI=1S/C12H21NO/c13-8-10-9-4-3-7-14-11(9)12(10)5-1-2-6-12/h9-11H,1-8,13H2/t9-,10+,11+/m0/s1. The number of hydrogen-bond donors (Lipinski definition) is 1. The molecule has 3 atom stereocenters. The molecule has 2 nitrogen and oxygen atoms in total. The van der Waals surface area contributed by atoms with Gasteiger partial charge < -0.3 is 10.5 Å². The minimum absolute atomic E-state index is 0.528. The van der Waals surface area contributed by atoms with Crippen LogP contribution in [0, 0.1) is 17.3 Å². The molecule has 0 amide bonds. The quantitative estimate of drug-likeness (QED) is 0.694. The summed E-state index contributed by atoms with van der Waals surface area (Å²) < 4.78 is 5.99. The van der Waals surface area contributed by atoms with E-state index < -0.39 is 0 Å². The van der Waals surface area contributed by atoms with Crippen LogP contribution in [0.25, 0.3) is 0 Å². The van der Waals surface area contributed by atoms with E-state index in [0.717, 1.165) is 25.0 Å². The van der Waals surface area contributed by atoms with Crippen LogP contribution in [-0.2, 0) is 4.74 Å². The van der Waals surface area contributed by atoms with Gasteiger partial charge in [-0.2, -0.15) is 0 Å². The van der Waals surface area contributed by atoms with Crippen LogP contribution >= 0.6 is 0 Å². The first kappa shape index (κ1) is 9.17. The number of ether oxygens (including phenoxy) is 1. The average Bonchev–Trinajstić information content (AvgIpc) is 2.69. The van der Waals surface area contributed by atoms with E-state index in [-0.39, 0.29) is 0 Å². The van der Waals surface area contributed by atoms with Crippen molar-refractivity contribution >= 4 is 0 Å². The van der Waals surface area contributed by atoms with Gasteiger partial charge in [-0.1, -0.05) is 12.8 Å². The Balaban J connectivity index is 1.82. The first-order valence-electron chi connectivity index (χ1n) is 6.20. The molecule has 0 unspecified atom stereocenters. The highest BCUT2D eigenvalue weighted by atomic mass is 16.5. The van der Waals surface area contributed by atoms with Gasteiger partial charge in [-0.15, -0.1) is 0 Å². The van der Waals surface area contributed by atoms with E-state index in [1.165, 1.54) is 38.5 Å². The summed E-state index contributed by atoms with van der Waals surface area (Å²) >= 11 is 0. The van der Waals surface area contributed by atoms with E-state index in [0.29, 0.717) is 11.5 Å². The van der Waals surface area contributed by atoms with Crippen molar-refractivity contribution in [3.8, 4) is 0 Å². The van der Waals surface area contributed by atoms with E-state index in [1.54, 1.807) is 0 Å². The molecule has 2 aliphatic carbocycles. The lowest BCUT2D eigenvalue weighted by Crippen LogP contribution is -2.64. The molecule has 3 fully saturated rings. The van der Waals surface area contributed by atoms with Gasteiger partial charge in [-0.3, -0.25) is 0 Å². The van der Waals surface area contributed by atoms with Crippen LogP contribution in [0.15, 0.2) is 0 Å². The van der Waals surface area contributed by atoms with E-state index in [9.17, 15) is 0 Å². The Labute approximate surface area is 86.2 Å². The Morgan fingerprint density at radius 2 is 2.00 bits per heavy atom. The molecule has 2 N–H and O–H groups in total. The van der Waals surface area contributed by atoms with E-state index in [4.69, 9.17) is 10.5 Å². The molecule has 3 aliphatic rings. The van der Waals surface area contributed by atoms with Gasteiger partial charge in [0.1, 0.15) is 0 Å². The van der Waals surface area contributed by atoms with Crippen molar-refractivity contribution < 1.29 is 4.74 Å². The fourth-order valence-electron chi connectivity index (χ4n) is 4.43. The summed E-state index contributed by atoms with van der Waals surface area (Å²) in [6.45, 7) is 1.89. The number of hydrogen-bond acceptors (Lipinski definition) is 2. The molecule has 0 radical (unpaired) electrons. The summed E-state index contributed by atoms with van der Waals surface area (Å²) in [5, 5.41) is 0. The van der Waals surface area contributed by atoms with Crippen molar-refractivity contribution in [2.24, 2.45) is 23.0 Å². The summed E-state index contributed by atoms with van der Waals surface area (Å²) in [5.41, 5.74) is 6.47. The molecule has 0 aromatic heterocycles. The minimum Gasteiger partial charge on any atom is -0.377 e. The van der Waals surface area contributed by atoms with Crippen LogP contribution in [0.3, 0.4) is 0 Å². The predicted molar refractivity (Wildman–Crippen MR) is 55.9 cm³/mol. The van der Waals surface area contributed by atoms with Gasteiger partial charge >= 0.3 is 0 Å². The minimum atomic E-state index is 0.528. The van der Waals surface area contributed by atoms with Crippen LogP contribution in [0.2, 0.25) is 0 Å². The highest BCUT2D eigenvalue weighted by molar-refractivity contribution is 5.11. The molecule has 3 rings (SSSR count). The van der Waals surface area contributed by atoms with Crippen molar-refractivity contribution in [1.29, 1.82) is 0 Å². The molecule has 0 bridgehead atoms. The first-order valence-corrected chi connectivity index (χ1v) is 6.20. The molecule has 80 valence electrons. The number of rotatable bonds is 1. The molecule has 1 heterocycles. The van der Waals surface area contributed by atoms with E-state index in [1.807, 2.05) is 0 Å². The fraction of sp³-hybridized carbons (Fsp3) is 1.00. The van der Waals surface area contributed by atoms with Crippen LogP contribution < -0.4 is 5.73 Å². The third-order valence-corrected chi connectivity index (χ3v) is 4.98. The Morgan fingerprint density at radius 3 is 2.71 bits per heavy atom. The van der Waals surface area contributed by atoms with Gasteiger partial charge in [0.25, 0.3) is 0 Å². The molecule has 0 aromatic carbocycles. The van der Waals surface area contributed by atoms with Gasteiger partial charge in [0.05, 0.1) is 6.10 Å². The van der Waals surface area contributed by atoms with Crippen molar-refractivity contribution in [3.63, 3.8) is 0 Å². The molecule has 2 saturated carbocycles. The summed E-state index contributed by atoms with van der Waals surface area (Å²) in [5.74, 6) is 1.60. The first-order chi connectivity index (χ1) is 6.88. The predicted octanol–water partition coefficient (Wildman–Crippen LogP) is 1.93. The maximum atomic E-state index is 5.99. The van der Waals surface area contributed by atoms with Crippen LogP contribution in [0.4, 0.5) is 0 Å². The summed E-state index contributed by atoms with van der Waals surface area (Å²) in [4.78, 5) is 0. The van der Waals surface area contributed by atoms with Crippen LogP contribution in [-0.4, -0.2) is 19.3 Å². The monoisotopic (exact) mass is 195 g/mol. The number of nitrogens with two attached hydrogens (primary N) is 1. The zero-order chi connectivity index (χ0) is 9.60. The topological polar surface area (TPSA) is 35.2 Å². The van der Waals surface area contributed by atoms with E-state index in [2.05, 4.69) is 0 Å². The lowest BCUT2D eigenvalue weighted by molar-refractivity contribution is -0.224. The SMILES string of the molecule is NC[C@@H]1[C@@H]2CCCO[C@H]2C12CCCC2. The third-order valence-electron chi connectivity index (χ3n) is 4.98. The molecule has 1 spiro atoms. The Morgan fingerprint density at radius 1 is 1.21 bits per heavy atom. The van der Waals surface area contributed by atoms with Gasteiger partial charge in [0, 0.05) is 12.0 Å². The molecule has 2 heteroatoms. The van der Waals surface area contributed by atoms with Gasteiger partial charge in [0.15, 0.2) is 0 Å². The molecule has 0 aromatic rings. The third kappa shape index (κ3) is 0.989. The number of fused-ring (bicyclic) bond motifs is 2. The van der Waals surface area contributed by atoms with Crippen molar-refractivity contribution in [1.82, 2.24) is 0 Å². The van der Waals surface area contributed by atoms with Gasteiger partial charge in [0.2, 0.25) is 0 Å². The Kier molecular flexibility index (Phi) is 2.10. The molecular formula is C12H21NO. The van der Waals surface area contributed by atoms with Gasteiger partial charge in [-0.05, 0) is 44.1 Å². The second kappa shape index (κ2) is 3.21. The zero-order valence-corrected chi connectivity index (χ0v) is 8.87. The van der Waals surface area contributed by atoms with Crippen molar-refractivity contribution in [2.45, 2.75) is 44.6 Å². The van der Waals surface area contributed by atoms with Crippen LogP contribution in [0.1, 0.15) is 38.5 Å². The lowest BCUT2D eigenvalue weighted by atomic mass is 9.49. The molecule has 1 aliphatic heterocycles. The maximum absolute atomic E-state index is 5.99. The second-order valence-corrected chi connectivity index (χ2v) is 5.38. The summed E-state index contributed by atoms with van der Waals surface area (Å²) in [6, 6.07) is 0. The second-order valence-electron chi connectivity index (χ2n) is 5.38. The van der Waals surface area contributed by atoms with Gasteiger partial charge in [-0.25, -0.2) is 0 Å². The zero-order valence-electron chi connectivity index (χ0n) is 8.87. The fourth-order valence-corrected chi connectivity index (χ4v) is 4.43. The molecular weight excluding hydrogens is 174 g/mol. The van der Waals surface area contributed by atoms with E-state index >= 15 is 0 Å². The lowest BCUT2D eigenvalue weighted by Gasteiger charge is -2.61. The van der Waals surface area contributed by atoms with Crippen molar-refractivity contribution in [2.75, 3.05) is 13.2 Å². The molecule has 1 saturated heterocycles. The summed E-state index contributed by atoms with van der Waals surface area (Å²) in [7, 11) is 0. The highest BCUT2D eigenvalue weighted by Gasteiger charge is 2.62. The maximum Gasteiger partial charge on any atom is 0.0666 e. The normalized spacial score (nSPS) is 44.8. The van der Waals surface area contributed by atoms with Crippen LogP contribution in [0.5, 0.6) is 0 Å². The summed E-state index contributed by atoms with van der Waals surface area (Å²) in [6.07, 6.45) is 8.80. The Hall–Kier alpha value is -0.0800. The molecule has 14 heavy (non-hydrogen) atoms. The smallest absolute Gasteiger partial charge is 0.0666 e.